The van der Waals surface area contributed by atoms with E-state index in [0.717, 1.165) is 22.3 Å². The fraction of sp³-hybridized carbons (Fsp3) is 0.400. The minimum Gasteiger partial charge on any atom is -0.481 e. The highest BCUT2D eigenvalue weighted by molar-refractivity contribution is 5.90. The molecule has 0 amide bonds. The molecule has 0 aliphatic rings. The van der Waals surface area contributed by atoms with Crippen molar-refractivity contribution in [2.24, 2.45) is 0 Å². The van der Waals surface area contributed by atoms with E-state index in [9.17, 15) is 4.79 Å². The standard InChI is InChI=1S/C20H24N4O3/c1-11-9-15(13(3)23-19(11)27-6)17-18-16(7-8-21-17)24(12(2)10-26-5)20(25)14(4)22-18/h7-9,12H,10H2,1-6H3/t12-/m1/s1. The van der Waals surface area contributed by atoms with Crippen molar-refractivity contribution >= 4 is 11.0 Å². The Morgan fingerprint density at radius 3 is 2.56 bits per heavy atom. The van der Waals surface area contributed by atoms with Crippen LogP contribution in [0.2, 0.25) is 0 Å². The topological polar surface area (TPSA) is 79.1 Å². The molecule has 0 aliphatic carbocycles. The van der Waals surface area contributed by atoms with Gasteiger partial charge in [-0.15, -0.1) is 0 Å². The minimum atomic E-state index is -0.126. The van der Waals surface area contributed by atoms with E-state index in [1.165, 1.54) is 0 Å². The van der Waals surface area contributed by atoms with Crippen LogP contribution in [-0.4, -0.2) is 40.3 Å². The van der Waals surface area contributed by atoms with Gasteiger partial charge < -0.3 is 9.47 Å². The van der Waals surface area contributed by atoms with Crippen molar-refractivity contribution in [2.75, 3.05) is 20.8 Å². The molecule has 0 N–H and O–H groups in total. The number of nitrogens with zero attached hydrogens (tertiary/aromatic N) is 4. The molecule has 3 heterocycles. The van der Waals surface area contributed by atoms with Crippen LogP contribution in [0.5, 0.6) is 5.88 Å². The first-order chi connectivity index (χ1) is 12.9. The predicted molar refractivity (Wildman–Crippen MR) is 104 cm³/mol. The third-order valence-corrected chi connectivity index (χ3v) is 4.62. The van der Waals surface area contributed by atoms with E-state index in [2.05, 4.69) is 15.0 Å². The van der Waals surface area contributed by atoms with E-state index in [1.54, 1.807) is 31.9 Å². The van der Waals surface area contributed by atoms with E-state index in [-0.39, 0.29) is 11.6 Å². The molecule has 7 heteroatoms. The molecule has 0 spiro atoms. The molecule has 0 saturated heterocycles. The third-order valence-electron chi connectivity index (χ3n) is 4.62. The summed E-state index contributed by atoms with van der Waals surface area (Å²) in [6.07, 6.45) is 1.70. The van der Waals surface area contributed by atoms with Gasteiger partial charge in [0.15, 0.2) is 0 Å². The maximum atomic E-state index is 12.7. The summed E-state index contributed by atoms with van der Waals surface area (Å²) in [7, 11) is 3.23. The number of aryl methyl sites for hydroxylation is 3. The van der Waals surface area contributed by atoms with E-state index in [0.29, 0.717) is 29.4 Å². The van der Waals surface area contributed by atoms with Crippen LogP contribution in [0.3, 0.4) is 0 Å². The van der Waals surface area contributed by atoms with Crippen molar-refractivity contribution in [2.45, 2.75) is 33.7 Å². The summed E-state index contributed by atoms with van der Waals surface area (Å²) in [5.74, 6) is 0.589. The van der Waals surface area contributed by atoms with Crippen LogP contribution in [0.1, 0.15) is 29.9 Å². The van der Waals surface area contributed by atoms with Crippen molar-refractivity contribution in [1.29, 1.82) is 0 Å². The summed E-state index contributed by atoms with van der Waals surface area (Å²) in [6.45, 7) is 7.95. The first-order valence-corrected chi connectivity index (χ1v) is 8.78. The van der Waals surface area contributed by atoms with Crippen LogP contribution in [0.15, 0.2) is 23.1 Å². The average molecular weight is 368 g/mol. The van der Waals surface area contributed by atoms with Gasteiger partial charge in [-0.05, 0) is 39.8 Å². The Labute approximate surface area is 158 Å². The van der Waals surface area contributed by atoms with Gasteiger partial charge in [-0.25, -0.2) is 9.97 Å². The second-order valence-electron chi connectivity index (χ2n) is 6.65. The summed E-state index contributed by atoms with van der Waals surface area (Å²) >= 11 is 0. The Morgan fingerprint density at radius 1 is 1.15 bits per heavy atom. The van der Waals surface area contributed by atoms with Crippen LogP contribution in [0, 0.1) is 20.8 Å². The fourth-order valence-electron chi connectivity index (χ4n) is 3.33. The van der Waals surface area contributed by atoms with E-state index in [1.807, 2.05) is 32.9 Å². The van der Waals surface area contributed by atoms with Gasteiger partial charge in [-0.2, -0.15) is 0 Å². The van der Waals surface area contributed by atoms with Gasteiger partial charge in [-0.3, -0.25) is 14.3 Å². The number of fused-ring (bicyclic) bond motifs is 1. The lowest BCUT2D eigenvalue weighted by atomic mass is 10.1. The smallest absolute Gasteiger partial charge is 0.272 e. The number of hydrogen-bond donors (Lipinski definition) is 0. The first-order valence-electron chi connectivity index (χ1n) is 8.78. The second-order valence-corrected chi connectivity index (χ2v) is 6.65. The molecule has 0 aliphatic heterocycles. The number of pyridine rings is 2. The molecule has 0 unspecified atom stereocenters. The van der Waals surface area contributed by atoms with Crippen LogP contribution in [0.4, 0.5) is 0 Å². The fourth-order valence-corrected chi connectivity index (χ4v) is 3.33. The molecular formula is C20H24N4O3. The molecule has 3 aromatic rings. The maximum absolute atomic E-state index is 12.7. The molecule has 0 radical (unpaired) electrons. The minimum absolute atomic E-state index is 0.120. The highest BCUT2D eigenvalue weighted by atomic mass is 16.5. The quantitative estimate of drug-likeness (QED) is 0.689. The predicted octanol–water partition coefficient (Wildman–Crippen LogP) is 2.99. The molecule has 3 aromatic heterocycles. The van der Waals surface area contributed by atoms with Gasteiger partial charge in [-0.1, -0.05) is 0 Å². The van der Waals surface area contributed by atoms with Crippen molar-refractivity contribution in [3.63, 3.8) is 0 Å². The van der Waals surface area contributed by atoms with Gasteiger partial charge in [0.1, 0.15) is 11.2 Å². The zero-order valence-corrected chi connectivity index (χ0v) is 16.5. The summed E-state index contributed by atoms with van der Waals surface area (Å²) < 4.78 is 12.3. The van der Waals surface area contributed by atoms with Gasteiger partial charge >= 0.3 is 0 Å². The number of ether oxygens (including phenoxy) is 2. The summed E-state index contributed by atoms with van der Waals surface area (Å²) in [5, 5.41) is 0. The molecule has 0 fully saturated rings. The summed E-state index contributed by atoms with van der Waals surface area (Å²) in [4.78, 5) is 26.4. The van der Waals surface area contributed by atoms with Gasteiger partial charge in [0.2, 0.25) is 5.88 Å². The lowest BCUT2D eigenvalue weighted by Crippen LogP contribution is -2.29. The molecule has 0 bridgehead atoms. The lowest BCUT2D eigenvalue weighted by molar-refractivity contribution is 0.162. The van der Waals surface area contributed by atoms with Crippen LogP contribution >= 0.6 is 0 Å². The summed E-state index contributed by atoms with van der Waals surface area (Å²) in [6, 6.07) is 3.69. The van der Waals surface area contributed by atoms with Crippen molar-refractivity contribution in [3.05, 3.63) is 45.6 Å². The average Bonchev–Trinajstić information content (AvgIpc) is 2.64. The normalized spacial score (nSPS) is 12.4. The Hall–Kier alpha value is -2.80. The number of methoxy groups -OCH3 is 2. The van der Waals surface area contributed by atoms with Crippen LogP contribution in [0.25, 0.3) is 22.3 Å². The van der Waals surface area contributed by atoms with E-state index < -0.39 is 0 Å². The molecule has 3 rings (SSSR count). The summed E-state index contributed by atoms with van der Waals surface area (Å²) in [5.41, 5.74) is 4.98. The van der Waals surface area contributed by atoms with E-state index in [4.69, 9.17) is 9.47 Å². The number of rotatable bonds is 5. The molecule has 0 saturated carbocycles. The van der Waals surface area contributed by atoms with Crippen molar-refractivity contribution in [3.8, 4) is 17.1 Å². The lowest BCUT2D eigenvalue weighted by Gasteiger charge is -2.19. The van der Waals surface area contributed by atoms with Crippen LogP contribution < -0.4 is 10.3 Å². The Kier molecular flexibility index (Phi) is 5.23. The zero-order chi connectivity index (χ0) is 19.7. The second kappa shape index (κ2) is 7.44. The Balaban J connectivity index is 2.34. The number of aromatic nitrogens is 4. The van der Waals surface area contributed by atoms with Gasteiger partial charge in [0.25, 0.3) is 5.56 Å². The molecule has 142 valence electrons. The van der Waals surface area contributed by atoms with Gasteiger partial charge in [0.05, 0.1) is 36.7 Å². The Bertz CT molecular complexity index is 1060. The SMILES string of the molecule is COC[C@@H](C)n1c(=O)c(C)nc2c(-c3cc(C)c(OC)nc3C)nccc21. The zero-order valence-electron chi connectivity index (χ0n) is 16.5. The Morgan fingerprint density at radius 2 is 1.89 bits per heavy atom. The maximum Gasteiger partial charge on any atom is 0.272 e. The molecular weight excluding hydrogens is 344 g/mol. The van der Waals surface area contributed by atoms with Crippen molar-refractivity contribution in [1.82, 2.24) is 19.5 Å². The first kappa shape index (κ1) is 19.0. The molecule has 1 atom stereocenters. The molecule has 7 nitrogen and oxygen atoms in total. The number of hydrogen-bond acceptors (Lipinski definition) is 6. The van der Waals surface area contributed by atoms with Crippen molar-refractivity contribution < 1.29 is 9.47 Å². The monoisotopic (exact) mass is 368 g/mol. The van der Waals surface area contributed by atoms with Crippen LogP contribution in [-0.2, 0) is 4.74 Å². The molecule has 27 heavy (non-hydrogen) atoms. The van der Waals surface area contributed by atoms with E-state index >= 15 is 0 Å². The van der Waals surface area contributed by atoms with Gasteiger partial charge in [0, 0.05) is 24.4 Å². The highest BCUT2D eigenvalue weighted by Crippen LogP contribution is 2.30. The highest BCUT2D eigenvalue weighted by Gasteiger charge is 2.19. The molecule has 0 aromatic carbocycles. The third kappa shape index (κ3) is 3.30. The largest absolute Gasteiger partial charge is 0.481 e.